The summed E-state index contributed by atoms with van der Waals surface area (Å²) in [6.07, 6.45) is -5.70. The van der Waals surface area contributed by atoms with Crippen molar-refractivity contribution in [2.75, 3.05) is 42.5 Å². The second-order valence-corrected chi connectivity index (χ2v) is 14.2. The van der Waals surface area contributed by atoms with Gasteiger partial charge in [-0.15, -0.1) is 0 Å². The molecule has 4 rings (SSSR count). The highest BCUT2D eigenvalue weighted by molar-refractivity contribution is 7.66. The van der Waals surface area contributed by atoms with Gasteiger partial charge < -0.3 is 49.9 Å². The van der Waals surface area contributed by atoms with Crippen LogP contribution in [-0.4, -0.2) is 106 Å². The Bertz CT molecular complexity index is 1340. The normalized spacial score (nSPS) is 34.3. The van der Waals surface area contributed by atoms with Crippen LogP contribution in [0.1, 0.15) is 13.3 Å². The number of aromatic amines is 1. The van der Waals surface area contributed by atoms with Gasteiger partial charge in [-0.3, -0.25) is 18.8 Å². The predicted octanol–water partition coefficient (Wildman–Crippen LogP) is -1.70. The molecule has 41 heavy (non-hydrogen) atoms. The van der Waals surface area contributed by atoms with Gasteiger partial charge >= 0.3 is 23.5 Å². The van der Waals surface area contributed by atoms with Crippen molar-refractivity contribution in [1.82, 2.24) is 9.97 Å². The van der Waals surface area contributed by atoms with Crippen molar-refractivity contribution < 1.29 is 65.7 Å². The Hall–Kier alpha value is -1.41. The molecule has 2 saturated heterocycles. The Morgan fingerprint density at radius 1 is 1.07 bits per heavy atom. The monoisotopic (exact) mass is 647 g/mol. The fourth-order valence-electron chi connectivity index (χ4n) is 4.57. The third-order valence-corrected chi connectivity index (χ3v) is 10.6. The number of phosphoric acid groups is 3. The summed E-state index contributed by atoms with van der Waals surface area (Å²) in [6.45, 7) is 0.515. The van der Waals surface area contributed by atoms with E-state index in [1.54, 1.807) is 16.8 Å². The van der Waals surface area contributed by atoms with Gasteiger partial charge in [0.05, 0.1) is 32.1 Å². The molecule has 4 heterocycles. The fourth-order valence-corrected chi connectivity index (χ4v) is 8.11. The first-order valence-electron chi connectivity index (χ1n) is 11.9. The number of hydrogen-bond acceptors (Lipinski definition) is 16. The highest BCUT2D eigenvalue weighted by atomic mass is 31.3. The third-order valence-electron chi connectivity index (χ3n) is 6.31. The molecule has 0 bridgehead atoms. The molecule has 2 fully saturated rings. The van der Waals surface area contributed by atoms with E-state index >= 15 is 0 Å². The molecule has 2 radical (unpaired) electrons. The largest absolute Gasteiger partial charge is 0.490 e. The number of anilines is 3. The smallest absolute Gasteiger partial charge is 0.388 e. The van der Waals surface area contributed by atoms with Crippen molar-refractivity contribution in [2.45, 2.75) is 50.0 Å². The zero-order valence-corrected chi connectivity index (χ0v) is 24.2. The van der Waals surface area contributed by atoms with E-state index < -0.39 is 78.9 Å². The van der Waals surface area contributed by atoms with Crippen LogP contribution in [0.2, 0.25) is 0 Å². The Morgan fingerprint density at radius 2 is 1.68 bits per heavy atom. The summed E-state index contributed by atoms with van der Waals surface area (Å²) < 4.78 is 64.6. The average Bonchev–Trinajstić information content (AvgIpc) is 3.44. The molecule has 0 amide bonds. The number of H-pyrrole nitrogens is 1. The number of hydrogen-bond donors (Lipinski definition) is 7. The van der Waals surface area contributed by atoms with Crippen LogP contribution < -0.4 is 21.1 Å². The van der Waals surface area contributed by atoms with Gasteiger partial charge in [0.1, 0.15) is 32.0 Å². The van der Waals surface area contributed by atoms with E-state index in [0.29, 0.717) is 6.42 Å². The van der Waals surface area contributed by atoms with Crippen LogP contribution in [0.4, 0.5) is 17.5 Å². The first kappa shape index (κ1) is 32.5. The Balaban J connectivity index is 1.30. The zero-order valence-electron chi connectivity index (χ0n) is 21.5. The molecule has 10 atom stereocenters. The Morgan fingerprint density at radius 3 is 2.27 bits per heavy atom. The van der Waals surface area contributed by atoms with Gasteiger partial charge in [0, 0.05) is 19.0 Å². The van der Waals surface area contributed by atoms with Gasteiger partial charge in [-0.25, -0.2) is 13.7 Å². The molecule has 230 valence electrons. The second kappa shape index (κ2) is 11.9. The fraction of sp³-hybridized carbons (Fsp3) is 0.765. The van der Waals surface area contributed by atoms with Gasteiger partial charge in [-0.05, 0) is 6.42 Å². The Labute approximate surface area is 233 Å². The average molecular weight is 647 g/mol. The van der Waals surface area contributed by atoms with Crippen molar-refractivity contribution >= 4 is 48.8 Å². The minimum Gasteiger partial charge on any atom is -0.388 e. The maximum atomic E-state index is 12.3. The number of fused-ring (bicyclic) bond motifs is 1. The number of phosphoric ester groups is 2. The van der Waals surface area contributed by atoms with Crippen molar-refractivity contribution in [1.29, 1.82) is 0 Å². The number of nitrogen functional groups attached to an aromatic ring is 1. The minimum absolute atomic E-state index is 0.0983. The van der Waals surface area contributed by atoms with E-state index in [9.17, 15) is 43.4 Å². The molecule has 0 aromatic carbocycles. The summed E-state index contributed by atoms with van der Waals surface area (Å²) in [6, 6.07) is -1.32. The SMILES string of the molecule is [B][C@@H]1O[C@H](COP(=O)(O)OP(=O)(O)OP(=O)(O)OC[C@@H]2CC(C)[C@H](N3CN(C)c4c3nc(N)[nH]c4=O)O2)C(O)C1O. The minimum atomic E-state index is -5.75. The molecule has 3 aliphatic rings. The lowest BCUT2D eigenvalue weighted by atomic mass is 9.93. The number of nitrogens with two attached hydrogens (primary N) is 1. The number of aromatic nitrogens is 2. The number of aliphatic hydroxyl groups excluding tert-OH is 2. The van der Waals surface area contributed by atoms with Crippen molar-refractivity contribution in [3.8, 4) is 0 Å². The molecule has 20 nitrogen and oxygen atoms in total. The Kier molecular flexibility index (Phi) is 9.47. The van der Waals surface area contributed by atoms with Crippen LogP contribution >= 0.6 is 23.5 Å². The molecule has 3 aliphatic heterocycles. The highest BCUT2D eigenvalue weighted by Gasteiger charge is 2.46. The van der Waals surface area contributed by atoms with Gasteiger partial charge in [-0.2, -0.15) is 13.6 Å². The van der Waals surface area contributed by atoms with E-state index in [1.165, 1.54) is 0 Å². The highest BCUT2D eigenvalue weighted by Crippen LogP contribution is 2.67. The lowest BCUT2D eigenvalue weighted by Gasteiger charge is -2.28. The lowest BCUT2D eigenvalue weighted by Crippen LogP contribution is -2.41. The predicted molar refractivity (Wildman–Crippen MR) is 137 cm³/mol. The molecule has 6 unspecified atom stereocenters. The zero-order chi connectivity index (χ0) is 30.5. The standard InChI is InChI=1S/C17H29BN5O15P3/c1-7-3-8(35-16(7)23-6-22(2)10-14(23)20-17(19)21-15(10)26)4-33-39(27,28)37-41(31,32)38-40(29,30)34-5-9-11(24)12(25)13(18)36-9/h7-9,11-13,16,24-25H,3-6H2,1-2H3,(H,27,28)(H,29,30)(H,31,32)(H3,19,20,21,26)/t7?,8-,9+,11?,12?,13+,16+/m0/s1. The summed E-state index contributed by atoms with van der Waals surface area (Å²) in [5, 5.41) is 19.3. The molecular formula is C17H29BN5O15P3. The third kappa shape index (κ3) is 7.58. The number of nitrogens with one attached hydrogen (secondary N) is 1. The van der Waals surface area contributed by atoms with Crippen molar-refractivity contribution in [3.63, 3.8) is 0 Å². The summed E-state index contributed by atoms with van der Waals surface area (Å²) in [4.78, 5) is 51.6. The number of nitrogens with zero attached hydrogens (tertiary/aromatic N) is 3. The molecule has 24 heteroatoms. The number of aliphatic hydroxyl groups is 2. The van der Waals surface area contributed by atoms with Gasteiger partial charge in [-0.1, -0.05) is 6.92 Å². The van der Waals surface area contributed by atoms with E-state index in [0.717, 1.165) is 0 Å². The summed E-state index contributed by atoms with van der Waals surface area (Å²) in [5.74, 6) is -0.0174. The van der Waals surface area contributed by atoms with Crippen LogP contribution in [-0.2, 0) is 40.8 Å². The summed E-state index contributed by atoms with van der Waals surface area (Å²) in [7, 11) is -9.53. The van der Waals surface area contributed by atoms with Crippen LogP contribution in [0.15, 0.2) is 4.79 Å². The topological polar surface area (TPSA) is 286 Å². The summed E-state index contributed by atoms with van der Waals surface area (Å²) >= 11 is 0. The van der Waals surface area contributed by atoms with Crippen molar-refractivity contribution in [3.05, 3.63) is 10.4 Å². The molecule has 0 saturated carbocycles. The van der Waals surface area contributed by atoms with E-state index in [2.05, 4.69) is 23.1 Å². The van der Waals surface area contributed by atoms with Crippen LogP contribution in [0.3, 0.4) is 0 Å². The maximum Gasteiger partial charge on any atom is 0.490 e. The molecule has 0 aliphatic carbocycles. The van der Waals surface area contributed by atoms with Crippen LogP contribution in [0.25, 0.3) is 0 Å². The van der Waals surface area contributed by atoms with Crippen LogP contribution in [0.5, 0.6) is 0 Å². The van der Waals surface area contributed by atoms with E-state index in [1.807, 2.05) is 6.92 Å². The molecular weight excluding hydrogens is 618 g/mol. The molecule has 8 N–H and O–H groups in total. The number of rotatable bonds is 11. The number of ether oxygens (including phenoxy) is 2. The molecule has 1 aromatic rings. The van der Waals surface area contributed by atoms with Gasteiger partial charge in [0.15, 0.2) is 5.82 Å². The molecule has 0 spiro atoms. The summed E-state index contributed by atoms with van der Waals surface area (Å²) in [5.41, 5.74) is 5.51. The first-order chi connectivity index (χ1) is 18.9. The van der Waals surface area contributed by atoms with Crippen molar-refractivity contribution in [2.24, 2.45) is 5.92 Å². The quantitative estimate of drug-likeness (QED) is 0.104. The van der Waals surface area contributed by atoms with Crippen LogP contribution in [0, 0.1) is 5.92 Å². The molecule has 1 aromatic heterocycles. The first-order valence-corrected chi connectivity index (χ1v) is 16.4. The van der Waals surface area contributed by atoms with E-state index in [-0.39, 0.29) is 30.0 Å². The van der Waals surface area contributed by atoms with Gasteiger partial charge in [0.2, 0.25) is 5.95 Å². The van der Waals surface area contributed by atoms with E-state index in [4.69, 9.17) is 27.6 Å². The second-order valence-electron chi connectivity index (χ2n) is 9.58. The maximum absolute atomic E-state index is 12.3. The van der Waals surface area contributed by atoms with Gasteiger partial charge in [0.25, 0.3) is 5.56 Å². The lowest BCUT2D eigenvalue weighted by molar-refractivity contribution is -0.00890.